The first-order valence-electron chi connectivity index (χ1n) is 6.17. The molecule has 1 aliphatic rings. The minimum atomic E-state index is 0.415. The predicted molar refractivity (Wildman–Crippen MR) is 67.5 cm³/mol. The van der Waals surface area contributed by atoms with Gasteiger partial charge in [0.25, 0.3) is 0 Å². The largest absolute Gasteiger partial charge is 0.325 e. The van der Waals surface area contributed by atoms with Crippen LogP contribution in [-0.2, 0) is 0 Å². The summed E-state index contributed by atoms with van der Waals surface area (Å²) in [6.07, 6.45) is 3.37. The SMILES string of the molecule is CC(C)n1c(C2CC2)nc2cc(C=O)ccc21. The molecule has 1 aromatic heterocycles. The first kappa shape index (κ1) is 10.5. The highest BCUT2D eigenvalue weighted by Crippen LogP contribution is 2.41. The fourth-order valence-electron chi connectivity index (χ4n) is 2.38. The van der Waals surface area contributed by atoms with Crippen LogP contribution in [0.25, 0.3) is 11.0 Å². The maximum Gasteiger partial charge on any atom is 0.150 e. The van der Waals surface area contributed by atoms with E-state index in [0.717, 1.165) is 17.3 Å². The van der Waals surface area contributed by atoms with E-state index in [2.05, 4.69) is 18.4 Å². The third kappa shape index (κ3) is 1.66. The molecule has 3 rings (SSSR count). The standard InChI is InChI=1S/C14H16N2O/c1-9(2)16-13-6-3-10(8-17)7-12(13)15-14(16)11-4-5-11/h3,6-9,11H,4-5H2,1-2H3. The average molecular weight is 228 g/mol. The molecule has 1 saturated carbocycles. The molecule has 0 bridgehead atoms. The van der Waals surface area contributed by atoms with Gasteiger partial charge < -0.3 is 4.57 Å². The van der Waals surface area contributed by atoms with Crippen molar-refractivity contribution in [2.75, 3.05) is 0 Å². The first-order chi connectivity index (χ1) is 8.20. The second-order valence-electron chi connectivity index (χ2n) is 5.07. The summed E-state index contributed by atoms with van der Waals surface area (Å²) in [6.45, 7) is 4.36. The molecule has 0 aliphatic heterocycles. The van der Waals surface area contributed by atoms with Gasteiger partial charge in [-0.05, 0) is 44.9 Å². The number of carbonyl (C=O) groups excluding carboxylic acids is 1. The molecule has 2 aromatic rings. The fraction of sp³-hybridized carbons (Fsp3) is 0.429. The second kappa shape index (κ2) is 3.69. The van der Waals surface area contributed by atoms with Gasteiger partial charge in [0.2, 0.25) is 0 Å². The Labute approximate surface area is 100 Å². The van der Waals surface area contributed by atoms with Crippen molar-refractivity contribution in [3.05, 3.63) is 29.6 Å². The molecule has 0 N–H and O–H groups in total. The number of imidazole rings is 1. The van der Waals surface area contributed by atoms with Gasteiger partial charge in [0.15, 0.2) is 0 Å². The Bertz CT molecular complexity index is 579. The average Bonchev–Trinajstić information content (AvgIpc) is 3.08. The van der Waals surface area contributed by atoms with E-state index >= 15 is 0 Å². The zero-order chi connectivity index (χ0) is 12.0. The third-order valence-electron chi connectivity index (χ3n) is 3.34. The van der Waals surface area contributed by atoms with Crippen LogP contribution in [0.4, 0.5) is 0 Å². The van der Waals surface area contributed by atoms with Crippen LogP contribution in [0, 0.1) is 0 Å². The van der Waals surface area contributed by atoms with E-state index in [4.69, 9.17) is 4.98 Å². The highest BCUT2D eigenvalue weighted by Gasteiger charge is 2.30. The van der Waals surface area contributed by atoms with Crippen LogP contribution in [0.2, 0.25) is 0 Å². The van der Waals surface area contributed by atoms with E-state index in [9.17, 15) is 4.79 Å². The molecule has 1 aliphatic carbocycles. The molecule has 1 aromatic carbocycles. The van der Waals surface area contributed by atoms with Gasteiger partial charge in [-0.15, -0.1) is 0 Å². The molecule has 0 unspecified atom stereocenters. The van der Waals surface area contributed by atoms with Gasteiger partial charge in [0, 0.05) is 17.5 Å². The molecule has 17 heavy (non-hydrogen) atoms. The summed E-state index contributed by atoms with van der Waals surface area (Å²) in [6, 6.07) is 6.18. The van der Waals surface area contributed by atoms with Crippen LogP contribution < -0.4 is 0 Å². The Hall–Kier alpha value is -1.64. The lowest BCUT2D eigenvalue weighted by molar-refractivity contribution is 0.112. The van der Waals surface area contributed by atoms with Crippen molar-refractivity contribution in [1.29, 1.82) is 0 Å². The van der Waals surface area contributed by atoms with Crippen LogP contribution in [0.3, 0.4) is 0 Å². The Kier molecular flexibility index (Phi) is 2.28. The monoisotopic (exact) mass is 228 g/mol. The Morgan fingerprint density at radius 1 is 1.41 bits per heavy atom. The van der Waals surface area contributed by atoms with Crippen molar-refractivity contribution >= 4 is 17.3 Å². The number of benzene rings is 1. The Balaban J connectivity index is 2.25. The highest BCUT2D eigenvalue weighted by atomic mass is 16.1. The van der Waals surface area contributed by atoms with Gasteiger partial charge in [-0.25, -0.2) is 4.98 Å². The van der Waals surface area contributed by atoms with E-state index in [1.165, 1.54) is 18.7 Å². The molecule has 0 atom stereocenters. The number of hydrogen-bond acceptors (Lipinski definition) is 2. The van der Waals surface area contributed by atoms with Gasteiger partial charge in [0.05, 0.1) is 11.0 Å². The summed E-state index contributed by atoms with van der Waals surface area (Å²) in [7, 11) is 0. The molecule has 3 nitrogen and oxygen atoms in total. The molecule has 0 saturated heterocycles. The van der Waals surface area contributed by atoms with E-state index < -0.39 is 0 Å². The Morgan fingerprint density at radius 3 is 2.76 bits per heavy atom. The molecule has 1 heterocycles. The number of aldehydes is 1. The molecular weight excluding hydrogens is 212 g/mol. The number of hydrogen-bond donors (Lipinski definition) is 0. The smallest absolute Gasteiger partial charge is 0.150 e. The minimum Gasteiger partial charge on any atom is -0.325 e. The van der Waals surface area contributed by atoms with Gasteiger partial charge in [-0.1, -0.05) is 0 Å². The van der Waals surface area contributed by atoms with Crippen molar-refractivity contribution < 1.29 is 4.79 Å². The van der Waals surface area contributed by atoms with Crippen molar-refractivity contribution in [2.24, 2.45) is 0 Å². The summed E-state index contributed by atoms with van der Waals surface area (Å²) in [5.41, 5.74) is 2.80. The van der Waals surface area contributed by atoms with E-state index in [-0.39, 0.29) is 0 Å². The maximum absolute atomic E-state index is 10.8. The first-order valence-corrected chi connectivity index (χ1v) is 6.17. The molecule has 0 amide bonds. The van der Waals surface area contributed by atoms with E-state index in [1.54, 1.807) is 0 Å². The van der Waals surface area contributed by atoms with Crippen LogP contribution >= 0.6 is 0 Å². The topological polar surface area (TPSA) is 34.9 Å². The van der Waals surface area contributed by atoms with Gasteiger partial charge in [-0.3, -0.25) is 4.79 Å². The lowest BCUT2D eigenvalue weighted by Gasteiger charge is -2.12. The molecule has 0 radical (unpaired) electrons. The zero-order valence-corrected chi connectivity index (χ0v) is 10.2. The Morgan fingerprint density at radius 2 is 2.18 bits per heavy atom. The molecule has 1 fully saturated rings. The molecule has 88 valence electrons. The van der Waals surface area contributed by atoms with Crippen LogP contribution in [0.1, 0.15) is 54.8 Å². The molecular formula is C14H16N2O. The van der Waals surface area contributed by atoms with Gasteiger partial charge in [-0.2, -0.15) is 0 Å². The number of aromatic nitrogens is 2. The number of carbonyl (C=O) groups is 1. The van der Waals surface area contributed by atoms with Crippen molar-refractivity contribution in [1.82, 2.24) is 9.55 Å². The highest BCUT2D eigenvalue weighted by molar-refractivity contribution is 5.85. The zero-order valence-electron chi connectivity index (χ0n) is 10.2. The molecule has 3 heteroatoms. The minimum absolute atomic E-state index is 0.415. The molecule has 0 spiro atoms. The van der Waals surface area contributed by atoms with Crippen molar-refractivity contribution in [3.8, 4) is 0 Å². The summed E-state index contributed by atoms with van der Waals surface area (Å²) in [4.78, 5) is 15.5. The van der Waals surface area contributed by atoms with Crippen LogP contribution in [0.5, 0.6) is 0 Å². The second-order valence-corrected chi connectivity index (χ2v) is 5.07. The fourth-order valence-corrected chi connectivity index (χ4v) is 2.38. The predicted octanol–water partition coefficient (Wildman–Crippen LogP) is 3.31. The van der Waals surface area contributed by atoms with Crippen LogP contribution in [-0.4, -0.2) is 15.8 Å². The number of fused-ring (bicyclic) bond motifs is 1. The van der Waals surface area contributed by atoms with Gasteiger partial charge in [0.1, 0.15) is 12.1 Å². The number of nitrogens with zero attached hydrogens (tertiary/aromatic N) is 2. The summed E-state index contributed by atoms with van der Waals surface area (Å²) < 4.78 is 2.31. The summed E-state index contributed by atoms with van der Waals surface area (Å²) in [5.74, 6) is 1.82. The van der Waals surface area contributed by atoms with E-state index in [0.29, 0.717) is 17.5 Å². The summed E-state index contributed by atoms with van der Waals surface area (Å²) >= 11 is 0. The maximum atomic E-state index is 10.8. The third-order valence-corrected chi connectivity index (χ3v) is 3.34. The summed E-state index contributed by atoms with van der Waals surface area (Å²) in [5, 5.41) is 0. The van der Waals surface area contributed by atoms with Crippen LogP contribution in [0.15, 0.2) is 18.2 Å². The van der Waals surface area contributed by atoms with Crippen molar-refractivity contribution in [2.45, 2.75) is 38.6 Å². The normalized spacial score (nSPS) is 15.7. The lowest BCUT2D eigenvalue weighted by Crippen LogP contribution is -2.05. The van der Waals surface area contributed by atoms with E-state index in [1.807, 2.05) is 18.2 Å². The number of rotatable bonds is 3. The van der Waals surface area contributed by atoms with Crippen molar-refractivity contribution in [3.63, 3.8) is 0 Å². The van der Waals surface area contributed by atoms with Gasteiger partial charge >= 0.3 is 0 Å². The lowest BCUT2D eigenvalue weighted by atomic mass is 10.2. The quantitative estimate of drug-likeness (QED) is 0.755.